The third kappa shape index (κ3) is 5.41. The molecule has 0 bridgehead atoms. The molecule has 1 aliphatic heterocycles. The second-order valence-electron chi connectivity index (χ2n) is 6.54. The number of likely N-dealkylation sites (N-methyl/N-ethyl adjacent to an activating group) is 1. The first-order valence-electron chi connectivity index (χ1n) is 8.57. The van der Waals surface area contributed by atoms with Crippen molar-refractivity contribution >= 4 is 29.2 Å². The minimum Gasteiger partial charge on any atom is -0.334 e. The minimum atomic E-state index is -0.452. The molecule has 2 rings (SSSR count). The number of amides is 1. The highest BCUT2D eigenvalue weighted by Crippen LogP contribution is 2.17. The number of rotatable bonds is 7. The van der Waals surface area contributed by atoms with Crippen LogP contribution in [0.3, 0.4) is 0 Å². The largest absolute Gasteiger partial charge is 0.334 e. The van der Waals surface area contributed by atoms with Gasteiger partial charge in [0, 0.05) is 13.5 Å². The highest BCUT2D eigenvalue weighted by molar-refractivity contribution is 7.99. The first kappa shape index (κ1) is 19.7. The molecule has 1 aromatic carbocycles. The van der Waals surface area contributed by atoms with E-state index in [9.17, 15) is 14.4 Å². The molecule has 0 radical (unpaired) electrons. The zero-order chi connectivity index (χ0) is 18.4. The summed E-state index contributed by atoms with van der Waals surface area (Å²) in [6.45, 7) is 3.38. The minimum absolute atomic E-state index is 0.0404. The topological polar surface area (TPSA) is 66.5 Å². The van der Waals surface area contributed by atoms with Crippen LogP contribution in [0.2, 0.25) is 0 Å². The van der Waals surface area contributed by atoms with Crippen molar-refractivity contribution in [3.63, 3.8) is 0 Å². The maximum absolute atomic E-state index is 12.8. The lowest BCUT2D eigenvalue weighted by Crippen LogP contribution is -2.46. The van der Waals surface area contributed by atoms with Gasteiger partial charge in [0.25, 0.3) is 0 Å². The van der Waals surface area contributed by atoms with Crippen molar-refractivity contribution in [2.75, 3.05) is 18.6 Å². The second kappa shape index (κ2) is 9.15. The number of benzene rings is 1. The van der Waals surface area contributed by atoms with E-state index in [4.69, 9.17) is 0 Å². The summed E-state index contributed by atoms with van der Waals surface area (Å²) in [6, 6.07) is 8.56. The van der Waals surface area contributed by atoms with Gasteiger partial charge in [-0.25, -0.2) is 0 Å². The van der Waals surface area contributed by atoms with Gasteiger partial charge >= 0.3 is 0 Å². The lowest BCUT2D eigenvalue weighted by molar-refractivity contribution is -0.137. The van der Waals surface area contributed by atoms with Gasteiger partial charge in [-0.15, -0.1) is 0 Å². The molecule has 0 spiro atoms. The number of carbonyl (C=O) groups is 3. The van der Waals surface area contributed by atoms with Crippen molar-refractivity contribution in [1.29, 1.82) is 0 Å². The Hall–Kier alpha value is -1.66. The monoisotopic (exact) mass is 362 g/mol. The van der Waals surface area contributed by atoms with E-state index in [1.54, 1.807) is 18.9 Å². The molecule has 1 aromatic rings. The molecule has 1 amide bonds. The molecule has 1 saturated heterocycles. The van der Waals surface area contributed by atoms with Crippen LogP contribution in [0.4, 0.5) is 0 Å². The van der Waals surface area contributed by atoms with Gasteiger partial charge < -0.3 is 4.90 Å². The van der Waals surface area contributed by atoms with Gasteiger partial charge in [-0.3, -0.25) is 19.7 Å². The van der Waals surface area contributed by atoms with E-state index >= 15 is 0 Å². The fraction of sp³-hybridized carbons (Fsp3) is 0.526. The van der Waals surface area contributed by atoms with Crippen molar-refractivity contribution in [3.8, 4) is 0 Å². The van der Waals surface area contributed by atoms with Gasteiger partial charge in [0.15, 0.2) is 5.78 Å². The van der Waals surface area contributed by atoms with E-state index in [0.717, 1.165) is 5.56 Å². The molecule has 25 heavy (non-hydrogen) atoms. The number of ketones is 2. The molecule has 1 fully saturated rings. The van der Waals surface area contributed by atoms with E-state index in [1.807, 2.05) is 37.3 Å². The second-order valence-corrected chi connectivity index (χ2v) is 7.65. The summed E-state index contributed by atoms with van der Waals surface area (Å²) in [7, 11) is 1.71. The van der Waals surface area contributed by atoms with Crippen LogP contribution in [0.15, 0.2) is 30.3 Å². The zero-order valence-electron chi connectivity index (χ0n) is 15.0. The Morgan fingerprint density at radius 1 is 1.24 bits per heavy atom. The number of nitrogens with one attached hydrogen (secondary N) is 1. The van der Waals surface area contributed by atoms with Crippen LogP contribution in [0.1, 0.15) is 25.8 Å². The number of Topliss-reactive ketones (excluding diaryl/α,β-unsaturated/α-hetero) is 2. The first-order valence-corrected chi connectivity index (χ1v) is 9.73. The maximum Gasteiger partial charge on any atom is 0.240 e. The van der Waals surface area contributed by atoms with Gasteiger partial charge in [0.1, 0.15) is 5.78 Å². The van der Waals surface area contributed by atoms with Crippen LogP contribution in [0, 0.1) is 0 Å². The van der Waals surface area contributed by atoms with Crippen molar-refractivity contribution in [2.45, 2.75) is 44.8 Å². The summed E-state index contributed by atoms with van der Waals surface area (Å²) in [5.74, 6) is 1.29. The number of hydrogen-bond acceptors (Lipinski definition) is 5. The summed E-state index contributed by atoms with van der Waals surface area (Å²) in [5, 5.41) is 3.17. The Balaban J connectivity index is 2.05. The molecule has 136 valence electrons. The average molecular weight is 362 g/mol. The Labute approximate surface area is 153 Å². The summed E-state index contributed by atoms with van der Waals surface area (Å²) in [6.07, 6.45) is 1.14. The van der Waals surface area contributed by atoms with E-state index in [2.05, 4.69) is 5.32 Å². The fourth-order valence-electron chi connectivity index (χ4n) is 3.03. The average Bonchev–Trinajstić information content (AvgIpc) is 2.66. The van der Waals surface area contributed by atoms with Crippen LogP contribution in [-0.2, 0) is 20.8 Å². The zero-order valence-corrected chi connectivity index (χ0v) is 15.8. The molecule has 3 atom stereocenters. The molecule has 1 N–H and O–H groups in total. The Morgan fingerprint density at radius 3 is 2.56 bits per heavy atom. The number of thioether (sulfide) groups is 1. The molecule has 0 aliphatic carbocycles. The quantitative estimate of drug-likeness (QED) is 0.748. The molecular weight excluding hydrogens is 336 g/mol. The summed E-state index contributed by atoms with van der Waals surface area (Å²) in [4.78, 5) is 38.2. The van der Waals surface area contributed by atoms with Crippen LogP contribution in [0.25, 0.3) is 0 Å². The number of carbonyl (C=O) groups excluding carboxylic acids is 3. The van der Waals surface area contributed by atoms with Crippen LogP contribution >= 0.6 is 11.8 Å². The molecule has 1 heterocycles. The predicted molar refractivity (Wildman–Crippen MR) is 101 cm³/mol. The maximum atomic E-state index is 12.8. The van der Waals surface area contributed by atoms with Crippen molar-refractivity contribution < 1.29 is 14.4 Å². The molecule has 3 unspecified atom stereocenters. The summed E-state index contributed by atoms with van der Waals surface area (Å²) >= 11 is 1.53. The highest BCUT2D eigenvalue weighted by atomic mass is 32.2. The van der Waals surface area contributed by atoms with Crippen LogP contribution < -0.4 is 5.32 Å². The van der Waals surface area contributed by atoms with Gasteiger partial charge in [-0.2, -0.15) is 11.8 Å². The molecule has 0 aromatic heterocycles. The Morgan fingerprint density at radius 2 is 1.92 bits per heavy atom. The van der Waals surface area contributed by atoms with Crippen molar-refractivity contribution in [2.24, 2.45) is 0 Å². The fourth-order valence-corrected chi connectivity index (χ4v) is 3.87. The summed E-state index contributed by atoms with van der Waals surface area (Å²) < 4.78 is 0. The van der Waals surface area contributed by atoms with Crippen LogP contribution in [0.5, 0.6) is 0 Å². The van der Waals surface area contributed by atoms with Crippen molar-refractivity contribution in [1.82, 2.24) is 10.2 Å². The third-order valence-corrected chi connectivity index (χ3v) is 5.58. The highest BCUT2D eigenvalue weighted by Gasteiger charge is 2.38. The normalized spacial score (nSPS) is 24.3. The lowest BCUT2D eigenvalue weighted by atomic mass is 9.98. The van der Waals surface area contributed by atoms with Crippen molar-refractivity contribution in [3.05, 3.63) is 35.9 Å². The SMILES string of the molecule is CC(=O)CSCCC1NC(C)C(=O)C(Cc2ccccc2)N(C)C1=O. The molecule has 5 nitrogen and oxygen atoms in total. The standard InChI is InChI=1S/C19H26N2O3S/c1-13(22)12-25-10-9-16-19(24)21(3)17(18(23)14(2)20-16)11-15-7-5-4-6-8-15/h4-8,14,16-17,20H,9-12H2,1-3H3. The molecular formula is C19H26N2O3S. The van der Waals surface area contributed by atoms with E-state index in [1.165, 1.54) is 11.8 Å². The number of hydrogen-bond donors (Lipinski definition) is 1. The molecule has 6 heteroatoms. The third-order valence-electron chi connectivity index (χ3n) is 4.45. The molecule has 0 saturated carbocycles. The van der Waals surface area contributed by atoms with E-state index < -0.39 is 6.04 Å². The number of nitrogens with zero attached hydrogens (tertiary/aromatic N) is 1. The first-order chi connectivity index (χ1) is 11.9. The van der Waals surface area contributed by atoms with Gasteiger partial charge in [-0.1, -0.05) is 30.3 Å². The Bertz CT molecular complexity index is 620. The van der Waals surface area contributed by atoms with E-state index in [0.29, 0.717) is 24.3 Å². The molecule has 1 aliphatic rings. The smallest absolute Gasteiger partial charge is 0.240 e. The lowest BCUT2D eigenvalue weighted by Gasteiger charge is -2.26. The van der Waals surface area contributed by atoms with Crippen LogP contribution in [-0.4, -0.2) is 59.1 Å². The van der Waals surface area contributed by atoms with E-state index in [-0.39, 0.29) is 29.6 Å². The predicted octanol–water partition coefficient (Wildman–Crippen LogP) is 1.70. The van der Waals surface area contributed by atoms with Gasteiger partial charge in [0.2, 0.25) is 5.91 Å². The summed E-state index contributed by atoms with van der Waals surface area (Å²) in [5.41, 5.74) is 1.04. The van der Waals surface area contributed by atoms with Gasteiger partial charge in [0.05, 0.1) is 23.9 Å². The Kier molecular flexibility index (Phi) is 7.20. The van der Waals surface area contributed by atoms with Gasteiger partial charge in [-0.05, 0) is 31.6 Å².